The van der Waals surface area contributed by atoms with Crippen LogP contribution >= 0.6 is 0 Å². The first-order valence-electron chi connectivity index (χ1n) is 5.63. The minimum Gasteiger partial charge on any atom is -0.361 e. The number of hydrogen-bond donors (Lipinski definition) is 0. The number of nitrogens with zero attached hydrogens (tertiary/aromatic N) is 3. The fraction of sp³-hybridized carbons (Fsp3) is 0.583. The summed E-state index contributed by atoms with van der Waals surface area (Å²) in [5, 5.41) is 12.2. The molecular weight excluding hydrogens is 218 g/mol. The third-order valence-electron chi connectivity index (χ3n) is 2.35. The van der Waals surface area contributed by atoms with Crippen molar-refractivity contribution in [3.8, 4) is 6.07 Å². The maximum atomic E-state index is 12.2. The van der Waals surface area contributed by atoms with E-state index in [1.807, 2.05) is 13.8 Å². The van der Waals surface area contributed by atoms with E-state index < -0.39 is 0 Å². The first kappa shape index (κ1) is 13.2. The summed E-state index contributed by atoms with van der Waals surface area (Å²) >= 11 is 0. The standard InChI is InChI=1S/C12H17N3O2/c1-9(2)8-15(6-4-5-13)12(16)11-7-14-17-10(11)3/h7,9H,4,6,8H2,1-3H3. The second kappa shape index (κ2) is 6.04. The van der Waals surface area contributed by atoms with E-state index in [0.29, 0.717) is 36.8 Å². The van der Waals surface area contributed by atoms with Gasteiger partial charge in [0, 0.05) is 13.1 Å². The third-order valence-corrected chi connectivity index (χ3v) is 2.35. The molecule has 0 radical (unpaired) electrons. The van der Waals surface area contributed by atoms with E-state index in [9.17, 15) is 4.79 Å². The first-order valence-corrected chi connectivity index (χ1v) is 5.63. The number of carbonyl (C=O) groups excluding carboxylic acids is 1. The molecule has 5 nitrogen and oxygen atoms in total. The van der Waals surface area contributed by atoms with E-state index in [-0.39, 0.29) is 5.91 Å². The number of nitriles is 1. The number of amides is 1. The zero-order valence-electron chi connectivity index (χ0n) is 10.4. The summed E-state index contributed by atoms with van der Waals surface area (Å²) < 4.78 is 4.88. The number of carbonyl (C=O) groups is 1. The quantitative estimate of drug-likeness (QED) is 0.782. The van der Waals surface area contributed by atoms with E-state index in [0.717, 1.165) is 0 Å². The van der Waals surface area contributed by atoms with Crippen molar-refractivity contribution >= 4 is 5.91 Å². The summed E-state index contributed by atoms with van der Waals surface area (Å²) in [7, 11) is 0. The monoisotopic (exact) mass is 235 g/mol. The number of rotatable bonds is 5. The van der Waals surface area contributed by atoms with Gasteiger partial charge in [-0.25, -0.2) is 0 Å². The van der Waals surface area contributed by atoms with Crippen molar-refractivity contribution in [1.29, 1.82) is 5.26 Å². The third kappa shape index (κ3) is 3.59. The Labute approximate surface area is 101 Å². The van der Waals surface area contributed by atoms with Crippen molar-refractivity contribution in [2.45, 2.75) is 27.2 Å². The van der Waals surface area contributed by atoms with Crippen LogP contribution in [0.1, 0.15) is 36.4 Å². The highest BCUT2D eigenvalue weighted by atomic mass is 16.5. The molecule has 1 rings (SSSR count). The smallest absolute Gasteiger partial charge is 0.259 e. The van der Waals surface area contributed by atoms with E-state index in [2.05, 4.69) is 11.2 Å². The molecule has 0 aromatic carbocycles. The Morgan fingerprint density at radius 2 is 2.35 bits per heavy atom. The Hall–Kier alpha value is -1.83. The summed E-state index contributed by atoms with van der Waals surface area (Å²) in [6.45, 7) is 6.85. The summed E-state index contributed by atoms with van der Waals surface area (Å²) in [6, 6.07) is 2.05. The van der Waals surface area contributed by atoms with Crippen LogP contribution in [0, 0.1) is 24.2 Å². The second-order valence-corrected chi connectivity index (χ2v) is 4.35. The van der Waals surface area contributed by atoms with Gasteiger partial charge in [-0.1, -0.05) is 19.0 Å². The Bertz CT molecular complexity index is 418. The molecule has 1 heterocycles. The maximum Gasteiger partial charge on any atom is 0.259 e. The molecule has 0 atom stereocenters. The van der Waals surface area contributed by atoms with Crippen molar-refractivity contribution in [3.05, 3.63) is 17.5 Å². The number of aromatic nitrogens is 1. The summed E-state index contributed by atoms with van der Waals surface area (Å²) in [5.41, 5.74) is 0.476. The molecule has 0 saturated heterocycles. The molecule has 0 unspecified atom stereocenters. The molecule has 5 heteroatoms. The van der Waals surface area contributed by atoms with Crippen LogP contribution in [0.25, 0.3) is 0 Å². The SMILES string of the molecule is Cc1oncc1C(=O)N(CCC#N)CC(C)C. The van der Waals surface area contributed by atoms with Gasteiger partial charge in [0.15, 0.2) is 0 Å². The van der Waals surface area contributed by atoms with Crippen LogP contribution in [0.3, 0.4) is 0 Å². The fourth-order valence-electron chi connectivity index (χ4n) is 1.58. The van der Waals surface area contributed by atoms with Crippen LogP contribution in [-0.2, 0) is 0 Å². The Balaban J connectivity index is 2.79. The van der Waals surface area contributed by atoms with Crippen LogP contribution in [0.4, 0.5) is 0 Å². The van der Waals surface area contributed by atoms with E-state index in [1.165, 1.54) is 6.20 Å². The van der Waals surface area contributed by atoms with Crippen LogP contribution < -0.4 is 0 Å². The van der Waals surface area contributed by atoms with Crippen molar-refractivity contribution < 1.29 is 9.32 Å². The first-order chi connectivity index (χ1) is 8.06. The van der Waals surface area contributed by atoms with Gasteiger partial charge in [0.1, 0.15) is 11.3 Å². The lowest BCUT2D eigenvalue weighted by Gasteiger charge is -2.23. The molecule has 17 heavy (non-hydrogen) atoms. The molecule has 0 aliphatic heterocycles. The van der Waals surface area contributed by atoms with Crippen molar-refractivity contribution in [3.63, 3.8) is 0 Å². The van der Waals surface area contributed by atoms with Gasteiger partial charge in [0.05, 0.1) is 18.7 Å². The van der Waals surface area contributed by atoms with Gasteiger partial charge in [0.2, 0.25) is 0 Å². The maximum absolute atomic E-state index is 12.2. The molecule has 0 bridgehead atoms. The molecule has 0 fully saturated rings. The molecule has 1 amide bonds. The summed E-state index contributed by atoms with van der Waals surface area (Å²) in [6.07, 6.45) is 1.76. The van der Waals surface area contributed by atoms with Crippen LogP contribution in [-0.4, -0.2) is 29.1 Å². The van der Waals surface area contributed by atoms with Gasteiger partial charge < -0.3 is 9.42 Å². The van der Waals surface area contributed by atoms with Crippen molar-refractivity contribution in [2.75, 3.05) is 13.1 Å². The van der Waals surface area contributed by atoms with Crippen molar-refractivity contribution in [2.24, 2.45) is 5.92 Å². The molecule has 0 aliphatic rings. The predicted octanol–water partition coefficient (Wildman–Crippen LogP) is 1.99. The Kier molecular flexibility index (Phi) is 4.70. The second-order valence-electron chi connectivity index (χ2n) is 4.35. The molecule has 1 aromatic rings. The lowest BCUT2D eigenvalue weighted by atomic mass is 10.1. The van der Waals surface area contributed by atoms with Gasteiger partial charge in [-0.15, -0.1) is 0 Å². The van der Waals surface area contributed by atoms with Gasteiger partial charge in [-0.3, -0.25) is 4.79 Å². The lowest BCUT2D eigenvalue weighted by Crippen LogP contribution is -2.35. The topological polar surface area (TPSA) is 70.1 Å². The van der Waals surface area contributed by atoms with Gasteiger partial charge >= 0.3 is 0 Å². The zero-order valence-corrected chi connectivity index (χ0v) is 10.4. The predicted molar refractivity (Wildman–Crippen MR) is 62.2 cm³/mol. The highest BCUT2D eigenvalue weighted by molar-refractivity contribution is 5.94. The molecule has 0 spiro atoms. The lowest BCUT2D eigenvalue weighted by molar-refractivity contribution is 0.0738. The molecule has 92 valence electrons. The minimum atomic E-state index is -0.118. The number of aryl methyl sites for hydroxylation is 1. The Morgan fingerprint density at radius 3 is 2.82 bits per heavy atom. The van der Waals surface area contributed by atoms with E-state index in [4.69, 9.17) is 9.78 Å². The van der Waals surface area contributed by atoms with Gasteiger partial charge in [-0.05, 0) is 12.8 Å². The highest BCUT2D eigenvalue weighted by Gasteiger charge is 2.20. The normalized spacial score (nSPS) is 10.3. The highest BCUT2D eigenvalue weighted by Crippen LogP contribution is 2.12. The summed E-state index contributed by atoms with van der Waals surface area (Å²) in [5.74, 6) is 0.756. The Morgan fingerprint density at radius 1 is 1.65 bits per heavy atom. The molecule has 1 aromatic heterocycles. The van der Waals surface area contributed by atoms with Crippen LogP contribution in [0.2, 0.25) is 0 Å². The molecular formula is C12H17N3O2. The average molecular weight is 235 g/mol. The van der Waals surface area contributed by atoms with Gasteiger partial charge in [-0.2, -0.15) is 5.26 Å². The largest absolute Gasteiger partial charge is 0.361 e. The van der Waals surface area contributed by atoms with Crippen LogP contribution in [0.15, 0.2) is 10.7 Å². The molecule has 0 N–H and O–H groups in total. The average Bonchev–Trinajstić information content (AvgIpc) is 2.69. The molecule has 0 saturated carbocycles. The summed E-state index contributed by atoms with van der Waals surface area (Å²) in [4.78, 5) is 13.9. The van der Waals surface area contributed by atoms with E-state index in [1.54, 1.807) is 11.8 Å². The number of hydrogen-bond acceptors (Lipinski definition) is 4. The minimum absolute atomic E-state index is 0.118. The van der Waals surface area contributed by atoms with Crippen LogP contribution in [0.5, 0.6) is 0 Å². The van der Waals surface area contributed by atoms with Gasteiger partial charge in [0.25, 0.3) is 5.91 Å². The molecule has 0 aliphatic carbocycles. The zero-order chi connectivity index (χ0) is 12.8. The van der Waals surface area contributed by atoms with E-state index >= 15 is 0 Å². The fourth-order valence-corrected chi connectivity index (χ4v) is 1.58. The van der Waals surface area contributed by atoms with Crippen molar-refractivity contribution in [1.82, 2.24) is 10.1 Å².